The van der Waals surface area contributed by atoms with Gasteiger partial charge in [0.2, 0.25) is 5.91 Å². The molecule has 2 aliphatic rings. The van der Waals surface area contributed by atoms with Crippen molar-refractivity contribution in [1.82, 2.24) is 10.2 Å². The second kappa shape index (κ2) is 9.54. The van der Waals surface area contributed by atoms with E-state index in [0.717, 1.165) is 12.7 Å². The van der Waals surface area contributed by atoms with Crippen LogP contribution in [0.4, 0.5) is 17.6 Å². The van der Waals surface area contributed by atoms with Gasteiger partial charge >= 0.3 is 6.18 Å². The molecule has 1 N–H and O–H groups in total. The molecule has 2 fully saturated rings. The maximum Gasteiger partial charge on any atom is 0.430 e. The zero-order valence-corrected chi connectivity index (χ0v) is 20.6. The highest BCUT2D eigenvalue weighted by Crippen LogP contribution is 2.50. The number of hydrogen-bond donors (Lipinski definition) is 1. The molecule has 0 unspecified atom stereocenters. The average Bonchev–Trinajstić information content (AvgIpc) is 2.80. The summed E-state index contributed by atoms with van der Waals surface area (Å²) in [7, 11) is 0.883. The van der Waals surface area contributed by atoms with Gasteiger partial charge in [-0.2, -0.15) is 13.2 Å². The van der Waals surface area contributed by atoms with E-state index in [1.165, 1.54) is 35.2 Å². The molecule has 1 spiro atoms. The molecule has 2 heterocycles. The number of methoxy groups -OCH3 is 1. The lowest BCUT2D eigenvalue weighted by atomic mass is 9.62. The Bertz CT molecular complexity index is 1100. The molecule has 2 aromatic rings. The van der Waals surface area contributed by atoms with Gasteiger partial charge < -0.3 is 15.0 Å². The highest BCUT2D eigenvalue weighted by atomic mass is 79.9. The van der Waals surface area contributed by atoms with E-state index in [0.29, 0.717) is 23.9 Å². The summed E-state index contributed by atoms with van der Waals surface area (Å²) in [4.78, 5) is 27.0. The number of piperidine rings is 2. The van der Waals surface area contributed by atoms with E-state index in [-0.39, 0.29) is 42.7 Å². The number of nitrogens with zero attached hydrogens (tertiary/aromatic N) is 1. The molecule has 2 aromatic carbocycles. The predicted octanol–water partition coefficient (Wildman–Crippen LogP) is 4.90. The number of rotatable bonds is 4. The predicted molar refractivity (Wildman–Crippen MR) is 124 cm³/mol. The molecule has 2 aliphatic heterocycles. The van der Waals surface area contributed by atoms with Crippen LogP contribution in [-0.4, -0.2) is 49.6 Å². The summed E-state index contributed by atoms with van der Waals surface area (Å²) in [6, 6.07) is 11.5. The molecule has 2 amide bonds. The van der Waals surface area contributed by atoms with E-state index in [2.05, 4.69) is 21.2 Å². The first kappa shape index (κ1) is 25.6. The summed E-state index contributed by atoms with van der Waals surface area (Å²) >= 11 is 3.17. The van der Waals surface area contributed by atoms with Crippen molar-refractivity contribution in [2.24, 2.45) is 5.41 Å². The smallest absolute Gasteiger partial charge is 0.356 e. The van der Waals surface area contributed by atoms with Crippen molar-refractivity contribution < 1.29 is 31.9 Å². The summed E-state index contributed by atoms with van der Waals surface area (Å²) in [6.07, 6.45) is -4.14. The monoisotopic (exact) mass is 556 g/mol. The summed E-state index contributed by atoms with van der Waals surface area (Å²) < 4.78 is 62.2. The van der Waals surface area contributed by atoms with Crippen LogP contribution in [0.2, 0.25) is 0 Å². The quantitative estimate of drug-likeness (QED) is 0.545. The van der Waals surface area contributed by atoms with E-state index in [9.17, 15) is 27.2 Å². The molecule has 0 aromatic heterocycles. The van der Waals surface area contributed by atoms with E-state index in [4.69, 9.17) is 4.74 Å². The van der Waals surface area contributed by atoms with Crippen LogP contribution >= 0.6 is 15.9 Å². The van der Waals surface area contributed by atoms with Crippen LogP contribution in [0.3, 0.4) is 0 Å². The number of carbonyl (C=O) groups is 2. The third kappa shape index (κ3) is 4.58. The van der Waals surface area contributed by atoms with Crippen molar-refractivity contribution in [3.05, 3.63) is 69.9 Å². The first-order valence-electron chi connectivity index (χ1n) is 11.2. The minimum absolute atomic E-state index is 0.0407. The van der Waals surface area contributed by atoms with Gasteiger partial charge in [-0.1, -0.05) is 40.2 Å². The van der Waals surface area contributed by atoms with Gasteiger partial charge in [0.1, 0.15) is 5.82 Å². The zero-order valence-electron chi connectivity index (χ0n) is 19.0. The lowest BCUT2D eigenvalue weighted by Crippen LogP contribution is -2.60. The summed E-state index contributed by atoms with van der Waals surface area (Å²) in [5.74, 6) is -1.84. The van der Waals surface area contributed by atoms with Gasteiger partial charge in [0, 0.05) is 49.1 Å². The van der Waals surface area contributed by atoms with E-state index < -0.39 is 23.1 Å². The molecule has 2 saturated heterocycles. The van der Waals surface area contributed by atoms with Crippen molar-refractivity contribution in [2.45, 2.75) is 37.0 Å². The van der Waals surface area contributed by atoms with Gasteiger partial charge in [0.05, 0.1) is 0 Å². The molecule has 0 bridgehead atoms. The fourth-order valence-electron chi connectivity index (χ4n) is 5.44. The van der Waals surface area contributed by atoms with Crippen LogP contribution in [-0.2, 0) is 19.9 Å². The minimum atomic E-state index is -5.00. The number of benzene rings is 2. The Balaban J connectivity index is 1.63. The van der Waals surface area contributed by atoms with E-state index in [1.807, 2.05) is 0 Å². The Kier molecular flexibility index (Phi) is 6.98. The SMILES string of the molecule is CO[C@](C(=O)N1CCC2(CC1)CC(=O)NC[C@H]2c1ccc(F)cc1)(c1cccc(Br)c1)C(F)(F)F. The number of nitrogens with one attached hydrogen (secondary N) is 1. The molecular weight excluding hydrogens is 532 g/mol. The lowest BCUT2D eigenvalue weighted by molar-refractivity contribution is -0.271. The molecule has 0 radical (unpaired) electrons. The molecule has 188 valence electrons. The molecule has 0 saturated carbocycles. The number of alkyl halides is 3. The normalized spacial score (nSPS) is 21.9. The van der Waals surface area contributed by atoms with Gasteiger partial charge in [0.15, 0.2) is 0 Å². The maximum absolute atomic E-state index is 14.4. The number of hydrogen-bond acceptors (Lipinski definition) is 3. The number of halogens is 5. The fourth-order valence-corrected chi connectivity index (χ4v) is 5.84. The third-order valence-corrected chi connectivity index (χ3v) is 7.80. The highest BCUT2D eigenvalue weighted by Gasteiger charge is 2.64. The van der Waals surface area contributed by atoms with Gasteiger partial charge in [-0.05, 0) is 48.1 Å². The largest absolute Gasteiger partial charge is 0.430 e. The Morgan fingerprint density at radius 2 is 1.80 bits per heavy atom. The zero-order chi connectivity index (χ0) is 25.4. The van der Waals surface area contributed by atoms with Crippen LogP contribution < -0.4 is 5.32 Å². The van der Waals surface area contributed by atoms with Crippen molar-refractivity contribution >= 4 is 27.7 Å². The Hall–Kier alpha value is -2.46. The maximum atomic E-state index is 14.4. The van der Waals surface area contributed by atoms with Crippen molar-refractivity contribution in [1.29, 1.82) is 0 Å². The summed E-state index contributed by atoms with van der Waals surface area (Å²) in [6.45, 7) is 0.430. The lowest BCUT2D eigenvalue weighted by Gasteiger charge is -2.50. The topological polar surface area (TPSA) is 58.6 Å². The van der Waals surface area contributed by atoms with Gasteiger partial charge in [-0.25, -0.2) is 4.39 Å². The molecule has 35 heavy (non-hydrogen) atoms. The second-order valence-corrected chi connectivity index (χ2v) is 10.0. The number of amides is 2. The van der Waals surface area contributed by atoms with Crippen LogP contribution in [0, 0.1) is 11.2 Å². The molecule has 2 atom stereocenters. The molecule has 10 heteroatoms. The van der Waals surface area contributed by atoms with Crippen molar-refractivity contribution in [2.75, 3.05) is 26.7 Å². The van der Waals surface area contributed by atoms with Crippen LogP contribution in [0.15, 0.2) is 53.0 Å². The van der Waals surface area contributed by atoms with Crippen molar-refractivity contribution in [3.63, 3.8) is 0 Å². The number of likely N-dealkylation sites (tertiary alicyclic amines) is 1. The van der Waals surface area contributed by atoms with Crippen LogP contribution in [0.25, 0.3) is 0 Å². The summed E-state index contributed by atoms with van der Waals surface area (Å²) in [5.41, 5.74) is -3.15. The Morgan fingerprint density at radius 1 is 1.14 bits per heavy atom. The molecular formula is C25H25BrF4N2O3. The van der Waals surface area contributed by atoms with Crippen molar-refractivity contribution in [3.8, 4) is 0 Å². The van der Waals surface area contributed by atoms with Gasteiger partial charge in [-0.3, -0.25) is 9.59 Å². The molecule has 5 nitrogen and oxygen atoms in total. The minimum Gasteiger partial charge on any atom is -0.356 e. The second-order valence-electron chi connectivity index (χ2n) is 9.13. The number of carbonyl (C=O) groups excluding carboxylic acids is 2. The first-order valence-corrected chi connectivity index (χ1v) is 12.0. The standard InChI is InChI=1S/C25H25BrF4N2O3/c1-35-24(25(28,29)30,17-3-2-4-18(26)13-17)22(34)32-11-9-23(10-12-32)14-21(33)31-15-20(23)16-5-7-19(27)8-6-16/h2-8,13,20H,9-12,14-15H2,1H3,(H,31,33)/t20-,24-/m0/s1. The van der Waals surface area contributed by atoms with Gasteiger partial charge in [0.25, 0.3) is 11.5 Å². The summed E-state index contributed by atoms with van der Waals surface area (Å²) in [5, 5.41) is 2.84. The highest BCUT2D eigenvalue weighted by molar-refractivity contribution is 9.10. The first-order chi connectivity index (χ1) is 16.5. The Morgan fingerprint density at radius 3 is 2.37 bits per heavy atom. The fraction of sp³-hybridized carbons (Fsp3) is 0.440. The van der Waals surface area contributed by atoms with Gasteiger partial charge in [-0.15, -0.1) is 0 Å². The van der Waals surface area contributed by atoms with E-state index in [1.54, 1.807) is 18.2 Å². The molecule has 0 aliphatic carbocycles. The van der Waals surface area contributed by atoms with E-state index >= 15 is 0 Å². The number of ether oxygens (including phenoxy) is 1. The average molecular weight is 557 g/mol. The van der Waals surface area contributed by atoms with Crippen LogP contribution in [0.1, 0.15) is 36.3 Å². The third-order valence-electron chi connectivity index (χ3n) is 7.31. The Labute approximate surface area is 208 Å². The molecule has 4 rings (SSSR count). The van der Waals surface area contributed by atoms with Crippen LogP contribution in [0.5, 0.6) is 0 Å².